The van der Waals surface area contributed by atoms with Crippen molar-refractivity contribution in [3.05, 3.63) is 186 Å². The van der Waals surface area contributed by atoms with Crippen LogP contribution < -0.4 is 4.90 Å². The number of rotatable bonds is 5. The van der Waals surface area contributed by atoms with E-state index in [4.69, 9.17) is 0 Å². The molecular formula is C46H33NS. The van der Waals surface area contributed by atoms with Crippen LogP contribution in [0.4, 0.5) is 17.1 Å². The Labute approximate surface area is 285 Å². The lowest BCUT2D eigenvalue weighted by Crippen LogP contribution is -2.23. The molecule has 1 nitrogen and oxygen atoms in total. The fourth-order valence-electron chi connectivity index (χ4n) is 7.25. The molecule has 0 radical (unpaired) electrons. The summed E-state index contributed by atoms with van der Waals surface area (Å²) >= 11 is 1.87. The molecule has 2 bridgehead atoms. The predicted octanol–water partition coefficient (Wildman–Crippen LogP) is 13.2. The van der Waals surface area contributed by atoms with Crippen molar-refractivity contribution in [2.75, 3.05) is 4.90 Å². The molecule has 9 rings (SSSR count). The van der Waals surface area contributed by atoms with Gasteiger partial charge >= 0.3 is 0 Å². The van der Waals surface area contributed by atoms with Gasteiger partial charge in [-0.2, -0.15) is 0 Å². The zero-order valence-electron chi connectivity index (χ0n) is 26.9. The van der Waals surface area contributed by atoms with E-state index < -0.39 is 0 Å². The van der Waals surface area contributed by atoms with Gasteiger partial charge in [-0.05, 0) is 81.9 Å². The lowest BCUT2D eigenvalue weighted by Gasteiger charge is -2.31. The topological polar surface area (TPSA) is 3.24 Å². The number of hydrogen-bond donors (Lipinski definition) is 0. The Balaban J connectivity index is 1.15. The average molecular weight is 632 g/mol. The van der Waals surface area contributed by atoms with E-state index in [1.165, 1.54) is 64.8 Å². The van der Waals surface area contributed by atoms with Crippen molar-refractivity contribution in [1.29, 1.82) is 0 Å². The third kappa shape index (κ3) is 4.69. The second-order valence-electron chi connectivity index (χ2n) is 13.1. The van der Waals surface area contributed by atoms with Crippen molar-refractivity contribution in [1.82, 2.24) is 0 Å². The summed E-state index contributed by atoms with van der Waals surface area (Å²) in [5.74, 6) is 0. The normalized spacial score (nSPS) is 14.4. The highest BCUT2D eigenvalue weighted by atomic mass is 32.1. The van der Waals surface area contributed by atoms with Crippen molar-refractivity contribution in [2.45, 2.75) is 19.3 Å². The highest BCUT2D eigenvalue weighted by Crippen LogP contribution is 2.46. The van der Waals surface area contributed by atoms with Crippen molar-refractivity contribution in [3.63, 3.8) is 0 Å². The van der Waals surface area contributed by atoms with Crippen LogP contribution in [0.5, 0.6) is 0 Å². The first-order valence-electron chi connectivity index (χ1n) is 16.5. The Morgan fingerprint density at radius 2 is 1.19 bits per heavy atom. The minimum absolute atomic E-state index is 0.122. The summed E-state index contributed by atoms with van der Waals surface area (Å²) in [5.41, 5.74) is 16.9. The largest absolute Gasteiger partial charge is 0.309 e. The van der Waals surface area contributed by atoms with Gasteiger partial charge in [0.15, 0.2) is 0 Å². The first-order valence-corrected chi connectivity index (χ1v) is 17.3. The maximum absolute atomic E-state index is 3.66. The van der Waals surface area contributed by atoms with E-state index in [9.17, 15) is 0 Å². The molecule has 0 amide bonds. The fourth-order valence-corrected chi connectivity index (χ4v) is 8.45. The summed E-state index contributed by atoms with van der Waals surface area (Å²) in [6.07, 6.45) is 8.62. The van der Waals surface area contributed by atoms with Gasteiger partial charge in [0, 0.05) is 43.4 Å². The van der Waals surface area contributed by atoms with E-state index in [2.05, 4.69) is 188 Å². The van der Waals surface area contributed by atoms with Gasteiger partial charge in [0.1, 0.15) is 0 Å². The zero-order valence-corrected chi connectivity index (χ0v) is 27.8. The summed E-state index contributed by atoms with van der Waals surface area (Å²) in [4.78, 5) is 2.41. The first-order chi connectivity index (χ1) is 23.5. The van der Waals surface area contributed by atoms with E-state index >= 15 is 0 Å². The zero-order chi connectivity index (χ0) is 32.2. The summed E-state index contributed by atoms with van der Waals surface area (Å²) in [7, 11) is 0. The molecule has 1 aromatic heterocycles. The number of fused-ring (bicyclic) bond motifs is 5. The summed E-state index contributed by atoms with van der Waals surface area (Å²) in [5, 5.41) is 2.60. The fraction of sp³-hybridized carbons (Fsp3) is 0.0652. The van der Waals surface area contributed by atoms with Crippen LogP contribution in [0.25, 0.3) is 48.0 Å². The number of thiophene rings is 1. The van der Waals surface area contributed by atoms with Crippen LogP contribution in [0.2, 0.25) is 0 Å². The summed E-state index contributed by atoms with van der Waals surface area (Å²) in [6.45, 7) is 4.62. The Kier molecular flexibility index (Phi) is 6.69. The average Bonchev–Trinajstić information content (AvgIpc) is 3.35. The van der Waals surface area contributed by atoms with Gasteiger partial charge in [0.05, 0.1) is 10.4 Å². The van der Waals surface area contributed by atoms with Crippen molar-refractivity contribution in [2.24, 2.45) is 0 Å². The van der Waals surface area contributed by atoms with Crippen LogP contribution >= 0.6 is 11.3 Å². The minimum Gasteiger partial charge on any atom is -0.309 e. The van der Waals surface area contributed by atoms with Crippen molar-refractivity contribution in [3.8, 4) is 22.3 Å². The molecule has 0 unspecified atom stereocenters. The molecule has 0 fully saturated rings. The molecule has 0 N–H and O–H groups in total. The molecule has 48 heavy (non-hydrogen) atoms. The molecule has 0 saturated carbocycles. The SMILES string of the molecule is CC1(C)C2=C=C(C=CC=C2)c2ccc(-c3ccc(N(c4ccc(-c5ccccc5)cc4)c4cccc5c4sc4ccccc45)cc3)cc21. The Morgan fingerprint density at radius 3 is 1.96 bits per heavy atom. The Hall–Kier alpha value is -5.66. The standard InChI is InChI=1S/C46H33NS/c1-46(2)36-14-7-6-13-35(29-36)39-28-23-34(30-42(39)46)33-21-26-38(27-22-33)47(37-24-19-32(20-25-37)31-11-4-3-5-12-31)43-17-10-16-41-40-15-8-9-18-44(40)48-45(41)43/h3-28,30H,1-2H3. The second-order valence-corrected chi connectivity index (χ2v) is 14.2. The Bertz CT molecular complexity index is 2480. The molecule has 6 aromatic carbocycles. The molecule has 7 aromatic rings. The van der Waals surface area contributed by atoms with Crippen LogP contribution in [-0.2, 0) is 5.41 Å². The molecular weight excluding hydrogens is 599 g/mol. The summed E-state index contributed by atoms with van der Waals surface area (Å²) in [6, 6.07) is 51.0. The number of nitrogens with zero attached hydrogens (tertiary/aromatic N) is 1. The number of hydrogen-bond acceptors (Lipinski definition) is 2. The van der Waals surface area contributed by atoms with E-state index in [1.807, 2.05) is 11.3 Å². The molecule has 2 heteroatoms. The smallest absolute Gasteiger partial charge is 0.0640 e. The lowest BCUT2D eigenvalue weighted by atomic mass is 9.71. The molecule has 0 saturated heterocycles. The molecule has 1 heterocycles. The maximum atomic E-state index is 3.66. The van der Waals surface area contributed by atoms with Crippen LogP contribution in [0, 0.1) is 0 Å². The van der Waals surface area contributed by atoms with Gasteiger partial charge in [0.2, 0.25) is 0 Å². The molecule has 2 aliphatic carbocycles. The van der Waals surface area contributed by atoms with Crippen LogP contribution in [0.15, 0.2) is 175 Å². The van der Waals surface area contributed by atoms with Gasteiger partial charge in [-0.1, -0.05) is 129 Å². The van der Waals surface area contributed by atoms with Gasteiger partial charge in [-0.15, -0.1) is 17.1 Å². The number of anilines is 3. The van der Waals surface area contributed by atoms with E-state index in [1.54, 1.807) is 0 Å². The Morgan fingerprint density at radius 1 is 0.562 bits per heavy atom. The van der Waals surface area contributed by atoms with E-state index in [0.717, 1.165) is 16.9 Å². The van der Waals surface area contributed by atoms with Crippen LogP contribution in [0.3, 0.4) is 0 Å². The lowest BCUT2D eigenvalue weighted by molar-refractivity contribution is 0.636. The molecule has 0 atom stereocenters. The maximum Gasteiger partial charge on any atom is 0.0640 e. The first kappa shape index (κ1) is 28.6. The number of allylic oxidation sites excluding steroid dienone is 5. The van der Waals surface area contributed by atoms with Crippen molar-refractivity contribution >= 4 is 54.1 Å². The van der Waals surface area contributed by atoms with Crippen LogP contribution in [0.1, 0.15) is 25.0 Å². The van der Waals surface area contributed by atoms with Gasteiger partial charge in [0.25, 0.3) is 0 Å². The summed E-state index contributed by atoms with van der Waals surface area (Å²) < 4.78 is 2.60. The molecule has 2 aliphatic rings. The molecule has 228 valence electrons. The van der Waals surface area contributed by atoms with E-state index in [-0.39, 0.29) is 5.41 Å². The quantitative estimate of drug-likeness (QED) is 0.171. The second kappa shape index (κ2) is 11.2. The van der Waals surface area contributed by atoms with E-state index in [0.29, 0.717) is 0 Å². The molecule has 0 spiro atoms. The van der Waals surface area contributed by atoms with Crippen molar-refractivity contribution < 1.29 is 0 Å². The minimum atomic E-state index is -0.122. The monoisotopic (exact) mass is 631 g/mol. The molecule has 0 aliphatic heterocycles. The third-order valence-corrected chi connectivity index (χ3v) is 11.1. The predicted molar refractivity (Wildman–Crippen MR) is 207 cm³/mol. The van der Waals surface area contributed by atoms with Gasteiger partial charge in [-0.25, -0.2) is 0 Å². The third-order valence-electron chi connectivity index (χ3n) is 9.88. The van der Waals surface area contributed by atoms with Gasteiger partial charge in [-0.3, -0.25) is 0 Å². The van der Waals surface area contributed by atoms with Crippen LogP contribution in [-0.4, -0.2) is 0 Å². The number of benzene rings is 6. The highest BCUT2D eigenvalue weighted by Gasteiger charge is 2.31. The highest BCUT2D eigenvalue weighted by molar-refractivity contribution is 7.26. The van der Waals surface area contributed by atoms with Gasteiger partial charge < -0.3 is 4.90 Å².